The third-order valence-corrected chi connectivity index (χ3v) is 3.15. The van der Waals surface area contributed by atoms with Crippen LogP contribution in [0.4, 0.5) is 0 Å². The standard InChI is InChI=1S/C13H17N3O/c14-13(15-9-5-6-9)16-11-7-8-17-12-4-2-1-3-10(11)12/h1-4,9,11H,5-8H2,(H3,14,15,16). The number of ether oxygens (including phenoxy) is 1. The largest absolute Gasteiger partial charge is 0.493 e. The summed E-state index contributed by atoms with van der Waals surface area (Å²) in [6.07, 6.45) is 3.31. The number of rotatable bonds is 2. The van der Waals surface area contributed by atoms with Crippen molar-refractivity contribution in [1.29, 1.82) is 0 Å². The van der Waals surface area contributed by atoms with Gasteiger partial charge in [0.1, 0.15) is 5.75 Å². The van der Waals surface area contributed by atoms with Gasteiger partial charge in [-0.25, -0.2) is 4.99 Å². The molecule has 1 unspecified atom stereocenters. The first-order valence-corrected chi connectivity index (χ1v) is 6.14. The Kier molecular flexibility index (Phi) is 2.63. The van der Waals surface area contributed by atoms with Gasteiger partial charge in [0.05, 0.1) is 12.6 Å². The lowest BCUT2D eigenvalue weighted by molar-refractivity contribution is 0.269. The van der Waals surface area contributed by atoms with Crippen LogP contribution < -0.4 is 15.8 Å². The second-order valence-corrected chi connectivity index (χ2v) is 4.62. The topological polar surface area (TPSA) is 59.6 Å². The zero-order valence-corrected chi connectivity index (χ0v) is 9.73. The normalized spacial score (nSPS) is 23.8. The molecule has 1 aromatic rings. The van der Waals surface area contributed by atoms with Crippen LogP contribution in [-0.4, -0.2) is 18.6 Å². The highest BCUT2D eigenvalue weighted by molar-refractivity contribution is 5.78. The molecule has 0 radical (unpaired) electrons. The van der Waals surface area contributed by atoms with Gasteiger partial charge in [0.15, 0.2) is 5.96 Å². The van der Waals surface area contributed by atoms with Crippen LogP contribution in [0.1, 0.15) is 30.9 Å². The highest BCUT2D eigenvalue weighted by atomic mass is 16.5. The van der Waals surface area contributed by atoms with Crippen molar-refractivity contribution in [3.63, 3.8) is 0 Å². The van der Waals surface area contributed by atoms with Crippen LogP contribution in [-0.2, 0) is 0 Å². The Morgan fingerprint density at radius 2 is 2.12 bits per heavy atom. The summed E-state index contributed by atoms with van der Waals surface area (Å²) < 4.78 is 5.60. The maximum absolute atomic E-state index is 5.90. The molecule has 4 heteroatoms. The van der Waals surface area contributed by atoms with E-state index in [4.69, 9.17) is 10.5 Å². The van der Waals surface area contributed by atoms with Gasteiger partial charge < -0.3 is 15.8 Å². The molecule has 4 nitrogen and oxygen atoms in total. The molecule has 1 atom stereocenters. The Morgan fingerprint density at radius 3 is 2.94 bits per heavy atom. The van der Waals surface area contributed by atoms with Gasteiger partial charge in [-0.3, -0.25) is 0 Å². The molecule has 1 aliphatic carbocycles. The molecule has 1 saturated carbocycles. The minimum absolute atomic E-state index is 0.131. The number of benzene rings is 1. The molecule has 17 heavy (non-hydrogen) atoms. The van der Waals surface area contributed by atoms with Gasteiger partial charge in [0, 0.05) is 18.0 Å². The van der Waals surface area contributed by atoms with Crippen LogP contribution in [0.5, 0.6) is 5.75 Å². The molecule has 2 aliphatic rings. The third kappa shape index (κ3) is 2.35. The van der Waals surface area contributed by atoms with Crippen LogP contribution in [0, 0.1) is 0 Å². The van der Waals surface area contributed by atoms with Crippen molar-refractivity contribution < 1.29 is 4.74 Å². The predicted octanol–water partition coefficient (Wildman–Crippen LogP) is 1.58. The van der Waals surface area contributed by atoms with E-state index in [1.807, 2.05) is 18.2 Å². The molecule has 0 aromatic heterocycles. The summed E-state index contributed by atoms with van der Waals surface area (Å²) in [5, 5.41) is 3.22. The summed E-state index contributed by atoms with van der Waals surface area (Å²) in [6, 6.07) is 8.73. The number of aliphatic imine (C=N–C) groups is 1. The van der Waals surface area contributed by atoms with Crippen molar-refractivity contribution in [2.45, 2.75) is 31.3 Å². The van der Waals surface area contributed by atoms with Crippen LogP contribution in [0.2, 0.25) is 0 Å². The quantitative estimate of drug-likeness (QED) is 0.600. The van der Waals surface area contributed by atoms with Gasteiger partial charge >= 0.3 is 0 Å². The van der Waals surface area contributed by atoms with E-state index in [0.29, 0.717) is 18.6 Å². The number of para-hydroxylation sites is 1. The first-order chi connectivity index (χ1) is 8.33. The summed E-state index contributed by atoms with van der Waals surface area (Å²) in [5.41, 5.74) is 7.04. The Hall–Kier alpha value is -1.71. The maximum atomic E-state index is 5.90. The molecule has 3 N–H and O–H groups in total. The van der Waals surface area contributed by atoms with Gasteiger partial charge in [0.25, 0.3) is 0 Å². The molecule has 1 fully saturated rings. The van der Waals surface area contributed by atoms with E-state index in [2.05, 4.69) is 16.4 Å². The zero-order chi connectivity index (χ0) is 11.7. The number of nitrogens with one attached hydrogen (secondary N) is 1. The molecule has 0 spiro atoms. The van der Waals surface area contributed by atoms with Crippen LogP contribution in [0.15, 0.2) is 29.3 Å². The van der Waals surface area contributed by atoms with Crippen molar-refractivity contribution in [3.05, 3.63) is 29.8 Å². The lowest BCUT2D eigenvalue weighted by atomic mass is 10.0. The number of guanidine groups is 1. The molecule has 1 aliphatic heterocycles. The summed E-state index contributed by atoms with van der Waals surface area (Å²) in [7, 11) is 0. The summed E-state index contributed by atoms with van der Waals surface area (Å²) in [5.74, 6) is 1.50. The van der Waals surface area contributed by atoms with Crippen molar-refractivity contribution >= 4 is 5.96 Å². The lowest BCUT2D eigenvalue weighted by Crippen LogP contribution is -2.34. The van der Waals surface area contributed by atoms with Crippen molar-refractivity contribution in [2.24, 2.45) is 10.7 Å². The minimum Gasteiger partial charge on any atom is -0.493 e. The Balaban J connectivity index is 1.79. The molecule has 0 amide bonds. The molecule has 0 bridgehead atoms. The van der Waals surface area contributed by atoms with Gasteiger partial charge in [-0.1, -0.05) is 18.2 Å². The van der Waals surface area contributed by atoms with E-state index in [1.165, 1.54) is 12.8 Å². The minimum atomic E-state index is 0.131. The molecule has 90 valence electrons. The summed E-state index contributed by atoms with van der Waals surface area (Å²) in [6.45, 7) is 0.710. The van der Waals surface area contributed by atoms with Gasteiger partial charge in [-0.15, -0.1) is 0 Å². The molecular formula is C13H17N3O. The second kappa shape index (κ2) is 4.28. The molecular weight excluding hydrogens is 214 g/mol. The van der Waals surface area contributed by atoms with Crippen molar-refractivity contribution in [1.82, 2.24) is 5.32 Å². The molecule has 1 heterocycles. The van der Waals surface area contributed by atoms with Crippen LogP contribution in [0.3, 0.4) is 0 Å². The second-order valence-electron chi connectivity index (χ2n) is 4.62. The highest BCUT2D eigenvalue weighted by Gasteiger charge is 2.24. The van der Waals surface area contributed by atoms with Gasteiger partial charge in [0.2, 0.25) is 0 Å². The summed E-state index contributed by atoms with van der Waals surface area (Å²) >= 11 is 0. The van der Waals surface area contributed by atoms with Crippen LogP contribution in [0.25, 0.3) is 0 Å². The zero-order valence-electron chi connectivity index (χ0n) is 9.73. The number of nitrogens with zero attached hydrogens (tertiary/aromatic N) is 1. The Labute approximate surface area is 101 Å². The van der Waals surface area contributed by atoms with Crippen LogP contribution >= 0.6 is 0 Å². The van der Waals surface area contributed by atoms with Gasteiger partial charge in [-0.2, -0.15) is 0 Å². The SMILES string of the molecule is NC(=NC1CCOc2ccccc21)NC1CC1. The lowest BCUT2D eigenvalue weighted by Gasteiger charge is -2.23. The fourth-order valence-corrected chi connectivity index (χ4v) is 2.10. The van der Waals surface area contributed by atoms with E-state index < -0.39 is 0 Å². The fourth-order valence-electron chi connectivity index (χ4n) is 2.10. The van der Waals surface area contributed by atoms with E-state index in [9.17, 15) is 0 Å². The van der Waals surface area contributed by atoms with E-state index in [0.717, 1.165) is 17.7 Å². The summed E-state index contributed by atoms with van der Waals surface area (Å²) in [4.78, 5) is 4.56. The average Bonchev–Trinajstić information content (AvgIpc) is 3.13. The number of hydrogen-bond acceptors (Lipinski definition) is 2. The number of nitrogens with two attached hydrogens (primary N) is 1. The predicted molar refractivity (Wildman–Crippen MR) is 67.1 cm³/mol. The van der Waals surface area contributed by atoms with Crippen molar-refractivity contribution in [2.75, 3.05) is 6.61 Å². The average molecular weight is 231 g/mol. The first kappa shape index (κ1) is 10.4. The van der Waals surface area contributed by atoms with E-state index in [1.54, 1.807) is 0 Å². The monoisotopic (exact) mass is 231 g/mol. The molecule has 0 saturated heterocycles. The first-order valence-electron chi connectivity index (χ1n) is 6.14. The third-order valence-electron chi connectivity index (χ3n) is 3.15. The maximum Gasteiger partial charge on any atom is 0.189 e. The van der Waals surface area contributed by atoms with E-state index >= 15 is 0 Å². The molecule has 1 aromatic carbocycles. The molecule has 3 rings (SSSR count). The smallest absolute Gasteiger partial charge is 0.189 e. The Bertz CT molecular complexity index is 440. The highest BCUT2D eigenvalue weighted by Crippen LogP contribution is 2.34. The fraction of sp³-hybridized carbons (Fsp3) is 0.462. The van der Waals surface area contributed by atoms with Crippen molar-refractivity contribution in [3.8, 4) is 5.75 Å². The Morgan fingerprint density at radius 1 is 1.29 bits per heavy atom. The van der Waals surface area contributed by atoms with E-state index in [-0.39, 0.29) is 6.04 Å². The van der Waals surface area contributed by atoms with Gasteiger partial charge in [-0.05, 0) is 18.9 Å². The number of fused-ring (bicyclic) bond motifs is 1. The number of hydrogen-bond donors (Lipinski definition) is 2.